The smallest absolute Gasteiger partial charge is 0.289 e. The van der Waals surface area contributed by atoms with Crippen molar-refractivity contribution in [1.82, 2.24) is 20.1 Å². The van der Waals surface area contributed by atoms with E-state index in [4.69, 9.17) is 4.42 Å². The van der Waals surface area contributed by atoms with Gasteiger partial charge in [0, 0.05) is 51.7 Å². The van der Waals surface area contributed by atoms with Gasteiger partial charge in [0.25, 0.3) is 5.91 Å². The minimum absolute atomic E-state index is 0.0514. The molecule has 2 aromatic heterocycles. The molecule has 1 fully saturated rings. The summed E-state index contributed by atoms with van der Waals surface area (Å²) in [6.07, 6.45) is 4.33. The number of aryl methyl sites for hydroxylation is 1. The molecule has 0 aliphatic carbocycles. The fourth-order valence-corrected chi connectivity index (χ4v) is 2.97. The minimum Gasteiger partial charge on any atom is -0.459 e. The number of aromatic nitrogens is 1. The van der Waals surface area contributed by atoms with E-state index in [0.717, 1.165) is 37.7 Å². The Morgan fingerprint density at radius 3 is 2.62 bits per heavy atom. The van der Waals surface area contributed by atoms with Crippen LogP contribution in [0.5, 0.6) is 0 Å². The van der Waals surface area contributed by atoms with Crippen molar-refractivity contribution in [3.05, 3.63) is 53.7 Å². The second kappa shape index (κ2) is 8.51. The van der Waals surface area contributed by atoms with Gasteiger partial charge in [-0.1, -0.05) is 6.07 Å². The average Bonchev–Trinajstić information content (AvgIpc) is 3.21. The predicted molar refractivity (Wildman–Crippen MR) is 100 cm³/mol. The van der Waals surface area contributed by atoms with Gasteiger partial charge >= 0.3 is 0 Å². The number of aliphatic imine (C=N–C) groups is 1. The molecular weight excluding hydrogens is 330 g/mol. The summed E-state index contributed by atoms with van der Waals surface area (Å²) in [6.45, 7) is 5.59. The van der Waals surface area contributed by atoms with Crippen molar-refractivity contribution in [2.75, 3.05) is 39.8 Å². The van der Waals surface area contributed by atoms with Crippen molar-refractivity contribution in [3.8, 4) is 0 Å². The highest BCUT2D eigenvalue weighted by atomic mass is 16.3. The van der Waals surface area contributed by atoms with Gasteiger partial charge in [0.15, 0.2) is 11.7 Å². The average molecular weight is 355 g/mol. The highest BCUT2D eigenvalue weighted by Crippen LogP contribution is 2.09. The molecule has 3 heterocycles. The molecule has 1 aliphatic heterocycles. The van der Waals surface area contributed by atoms with Gasteiger partial charge in [0.05, 0.1) is 6.26 Å². The Hall–Kier alpha value is -2.83. The Bertz CT molecular complexity index is 732. The molecule has 3 rings (SSSR count). The molecule has 0 saturated carbocycles. The Balaban J connectivity index is 1.46. The predicted octanol–water partition coefficient (Wildman–Crippen LogP) is 1.56. The lowest BCUT2D eigenvalue weighted by atomic mass is 10.2. The van der Waals surface area contributed by atoms with E-state index in [2.05, 4.69) is 26.3 Å². The first-order valence-electron chi connectivity index (χ1n) is 8.87. The summed E-state index contributed by atoms with van der Waals surface area (Å²) in [6, 6.07) is 7.57. The number of hydrogen-bond donors (Lipinski definition) is 1. The molecule has 2 aromatic rings. The van der Waals surface area contributed by atoms with E-state index in [1.807, 2.05) is 24.1 Å². The quantitative estimate of drug-likeness (QED) is 0.665. The van der Waals surface area contributed by atoms with E-state index in [-0.39, 0.29) is 5.91 Å². The SMILES string of the molecule is CN=C(NCCc1ccc(C)nc1)N1CCN(C(=O)c2ccco2)CC1. The summed E-state index contributed by atoms with van der Waals surface area (Å²) in [5.74, 6) is 1.22. The van der Waals surface area contributed by atoms with Gasteiger partial charge in [0.2, 0.25) is 0 Å². The highest BCUT2D eigenvalue weighted by molar-refractivity contribution is 5.91. The van der Waals surface area contributed by atoms with Crippen molar-refractivity contribution in [2.45, 2.75) is 13.3 Å². The van der Waals surface area contributed by atoms with Gasteiger partial charge in [-0.25, -0.2) is 0 Å². The number of carbonyl (C=O) groups is 1. The molecule has 1 amide bonds. The van der Waals surface area contributed by atoms with Crippen molar-refractivity contribution in [2.24, 2.45) is 4.99 Å². The zero-order valence-corrected chi connectivity index (χ0v) is 15.3. The fraction of sp³-hybridized carbons (Fsp3) is 0.421. The van der Waals surface area contributed by atoms with Crippen LogP contribution in [0.4, 0.5) is 0 Å². The zero-order chi connectivity index (χ0) is 18.4. The summed E-state index contributed by atoms with van der Waals surface area (Å²) in [5.41, 5.74) is 2.23. The fourth-order valence-electron chi connectivity index (χ4n) is 2.97. The highest BCUT2D eigenvalue weighted by Gasteiger charge is 2.24. The van der Waals surface area contributed by atoms with Gasteiger partial charge < -0.3 is 19.5 Å². The molecule has 0 aromatic carbocycles. The molecule has 0 unspecified atom stereocenters. The number of pyridine rings is 1. The van der Waals surface area contributed by atoms with Crippen LogP contribution in [0.25, 0.3) is 0 Å². The van der Waals surface area contributed by atoms with Gasteiger partial charge in [-0.05, 0) is 37.1 Å². The van der Waals surface area contributed by atoms with Crippen LogP contribution in [0.15, 0.2) is 46.1 Å². The minimum atomic E-state index is -0.0514. The normalized spacial score (nSPS) is 15.2. The zero-order valence-electron chi connectivity index (χ0n) is 15.3. The number of piperazine rings is 1. The number of rotatable bonds is 4. The van der Waals surface area contributed by atoms with Crippen LogP contribution < -0.4 is 5.32 Å². The Kier molecular flexibility index (Phi) is 5.88. The van der Waals surface area contributed by atoms with Crippen LogP contribution in [0.1, 0.15) is 21.8 Å². The summed E-state index contributed by atoms with van der Waals surface area (Å²) in [5, 5.41) is 3.40. The number of hydrogen-bond acceptors (Lipinski definition) is 4. The van der Waals surface area contributed by atoms with Gasteiger partial charge in [-0.15, -0.1) is 0 Å². The second-order valence-corrected chi connectivity index (χ2v) is 6.29. The standard InChI is InChI=1S/C19H25N5O2/c1-15-5-6-16(14-22-15)7-8-21-19(20-2)24-11-9-23(10-12-24)18(25)17-4-3-13-26-17/h3-6,13-14H,7-12H2,1-2H3,(H,20,21). The summed E-state index contributed by atoms with van der Waals surface area (Å²) < 4.78 is 5.20. The number of amides is 1. The van der Waals surface area contributed by atoms with E-state index < -0.39 is 0 Å². The van der Waals surface area contributed by atoms with Crippen molar-refractivity contribution in [1.29, 1.82) is 0 Å². The number of carbonyl (C=O) groups excluding carboxylic acids is 1. The van der Waals surface area contributed by atoms with Crippen LogP contribution in [0.2, 0.25) is 0 Å². The van der Waals surface area contributed by atoms with Crippen molar-refractivity contribution < 1.29 is 9.21 Å². The monoisotopic (exact) mass is 355 g/mol. The molecule has 26 heavy (non-hydrogen) atoms. The third kappa shape index (κ3) is 4.41. The lowest BCUT2D eigenvalue weighted by molar-refractivity contribution is 0.0658. The van der Waals surface area contributed by atoms with E-state index in [1.54, 1.807) is 19.2 Å². The lowest BCUT2D eigenvalue weighted by Crippen LogP contribution is -2.54. The van der Waals surface area contributed by atoms with Crippen LogP contribution in [0, 0.1) is 6.92 Å². The molecule has 0 radical (unpaired) electrons. The van der Waals surface area contributed by atoms with Gasteiger partial charge in [-0.3, -0.25) is 14.8 Å². The van der Waals surface area contributed by atoms with E-state index in [9.17, 15) is 4.79 Å². The molecule has 0 atom stereocenters. The first kappa shape index (κ1) is 18.0. The molecule has 7 heteroatoms. The Morgan fingerprint density at radius 2 is 2.00 bits per heavy atom. The maximum absolute atomic E-state index is 12.3. The summed E-state index contributed by atoms with van der Waals surface area (Å²) in [7, 11) is 1.79. The Labute approximate surface area is 153 Å². The maximum Gasteiger partial charge on any atom is 0.289 e. The first-order chi connectivity index (χ1) is 12.7. The van der Waals surface area contributed by atoms with E-state index >= 15 is 0 Å². The molecular formula is C19H25N5O2. The lowest BCUT2D eigenvalue weighted by Gasteiger charge is -2.36. The molecule has 7 nitrogen and oxygen atoms in total. The van der Waals surface area contributed by atoms with Gasteiger partial charge in [-0.2, -0.15) is 0 Å². The van der Waals surface area contributed by atoms with Crippen molar-refractivity contribution >= 4 is 11.9 Å². The maximum atomic E-state index is 12.3. The Morgan fingerprint density at radius 1 is 1.23 bits per heavy atom. The number of nitrogens with one attached hydrogen (secondary N) is 1. The topological polar surface area (TPSA) is 74.0 Å². The largest absolute Gasteiger partial charge is 0.459 e. The number of guanidine groups is 1. The van der Waals surface area contributed by atoms with Crippen LogP contribution in [-0.4, -0.2) is 66.4 Å². The third-order valence-electron chi connectivity index (χ3n) is 4.48. The summed E-state index contributed by atoms with van der Waals surface area (Å²) in [4.78, 5) is 25.0. The number of furan rings is 1. The molecule has 1 N–H and O–H groups in total. The van der Waals surface area contributed by atoms with Crippen LogP contribution in [0.3, 0.4) is 0 Å². The third-order valence-corrected chi connectivity index (χ3v) is 4.48. The first-order valence-corrected chi connectivity index (χ1v) is 8.87. The van der Waals surface area contributed by atoms with Crippen LogP contribution in [-0.2, 0) is 6.42 Å². The molecule has 1 aliphatic rings. The molecule has 1 saturated heterocycles. The molecule has 138 valence electrons. The van der Waals surface area contributed by atoms with E-state index in [0.29, 0.717) is 18.8 Å². The molecule has 0 spiro atoms. The molecule has 0 bridgehead atoms. The van der Waals surface area contributed by atoms with Crippen molar-refractivity contribution in [3.63, 3.8) is 0 Å². The van der Waals surface area contributed by atoms with Crippen LogP contribution >= 0.6 is 0 Å². The number of nitrogens with zero attached hydrogens (tertiary/aromatic N) is 4. The van der Waals surface area contributed by atoms with E-state index in [1.165, 1.54) is 11.8 Å². The van der Waals surface area contributed by atoms with Gasteiger partial charge in [0.1, 0.15) is 0 Å². The summed E-state index contributed by atoms with van der Waals surface area (Å²) >= 11 is 0. The second-order valence-electron chi connectivity index (χ2n) is 6.29.